The summed E-state index contributed by atoms with van der Waals surface area (Å²) in [5.74, 6) is -0.761. The number of fused-ring (bicyclic) bond motifs is 1. The van der Waals surface area contributed by atoms with Crippen LogP contribution < -0.4 is 0 Å². The summed E-state index contributed by atoms with van der Waals surface area (Å²) in [5, 5.41) is 9.75. The van der Waals surface area contributed by atoms with Crippen LogP contribution in [-0.2, 0) is 16.1 Å². The van der Waals surface area contributed by atoms with Crippen molar-refractivity contribution < 1.29 is 19.4 Å². The lowest BCUT2D eigenvalue weighted by Gasteiger charge is -2.49. The summed E-state index contributed by atoms with van der Waals surface area (Å²) >= 11 is 0. The average Bonchev–Trinajstić information content (AvgIpc) is 2.59. The van der Waals surface area contributed by atoms with E-state index < -0.39 is 11.4 Å². The Balaban J connectivity index is 1.70. The summed E-state index contributed by atoms with van der Waals surface area (Å²) in [6.07, 6.45) is 4.32. The molecule has 23 heavy (non-hydrogen) atoms. The molecule has 1 aliphatic carbocycles. The molecule has 1 saturated heterocycles. The van der Waals surface area contributed by atoms with Crippen molar-refractivity contribution >= 4 is 12.1 Å². The summed E-state index contributed by atoms with van der Waals surface area (Å²) < 4.78 is 5.44. The normalized spacial score (nSPS) is 27.1. The van der Waals surface area contributed by atoms with Gasteiger partial charge in [0.25, 0.3) is 0 Å². The molecule has 124 valence electrons. The molecule has 0 bridgehead atoms. The Kier molecular flexibility index (Phi) is 4.55. The molecule has 2 aliphatic rings. The molecule has 1 saturated carbocycles. The van der Waals surface area contributed by atoms with Crippen molar-refractivity contribution in [1.82, 2.24) is 4.90 Å². The molecular formula is C18H23NO4. The smallest absolute Gasteiger partial charge is 0.410 e. The number of carboxylic acid groups (broad SMARTS) is 1. The van der Waals surface area contributed by atoms with Crippen LogP contribution >= 0.6 is 0 Å². The fourth-order valence-electron chi connectivity index (χ4n) is 4.06. The SMILES string of the molecule is O=C(OCc1ccccc1)N1CCC[C@@]2(C(=O)O)CCCC[C@H]12. The van der Waals surface area contributed by atoms with E-state index in [4.69, 9.17) is 4.74 Å². The highest BCUT2D eigenvalue weighted by Gasteiger charge is 2.52. The molecule has 1 aromatic rings. The van der Waals surface area contributed by atoms with Crippen molar-refractivity contribution in [2.45, 2.75) is 51.2 Å². The molecule has 2 fully saturated rings. The van der Waals surface area contributed by atoms with Crippen molar-refractivity contribution in [1.29, 1.82) is 0 Å². The number of benzene rings is 1. The van der Waals surface area contributed by atoms with Gasteiger partial charge >= 0.3 is 12.1 Å². The Bertz CT molecular complexity index is 570. The Morgan fingerprint density at radius 2 is 1.91 bits per heavy atom. The average molecular weight is 317 g/mol. The highest BCUT2D eigenvalue weighted by molar-refractivity contribution is 5.78. The molecule has 1 N–H and O–H groups in total. The summed E-state index contributed by atoms with van der Waals surface area (Å²) in [5.41, 5.74) is 0.161. The van der Waals surface area contributed by atoms with Crippen molar-refractivity contribution in [2.24, 2.45) is 5.41 Å². The van der Waals surface area contributed by atoms with E-state index in [0.29, 0.717) is 19.4 Å². The summed E-state index contributed by atoms with van der Waals surface area (Å²) in [7, 11) is 0. The first-order valence-electron chi connectivity index (χ1n) is 8.34. The predicted octanol–water partition coefficient (Wildman–Crippen LogP) is 3.43. The molecule has 0 radical (unpaired) electrons. The van der Waals surface area contributed by atoms with E-state index in [1.807, 2.05) is 30.3 Å². The Morgan fingerprint density at radius 3 is 2.65 bits per heavy atom. The van der Waals surface area contributed by atoms with Crippen LogP contribution in [0.25, 0.3) is 0 Å². The second-order valence-corrected chi connectivity index (χ2v) is 6.56. The standard InChI is InChI=1S/C18H23NO4/c20-16(21)18-10-5-4-9-15(18)19(12-6-11-18)17(22)23-13-14-7-2-1-3-8-14/h1-3,7-8,15H,4-6,9-13H2,(H,20,21)/t15-,18-/m0/s1. The first kappa shape index (κ1) is 15.8. The second kappa shape index (κ2) is 6.60. The quantitative estimate of drug-likeness (QED) is 0.927. The molecule has 5 nitrogen and oxygen atoms in total. The van der Waals surface area contributed by atoms with Crippen LogP contribution in [0.4, 0.5) is 4.79 Å². The molecular weight excluding hydrogens is 294 g/mol. The fraction of sp³-hybridized carbons (Fsp3) is 0.556. The van der Waals surface area contributed by atoms with Gasteiger partial charge in [-0.25, -0.2) is 4.79 Å². The number of aliphatic carboxylic acids is 1. The van der Waals surface area contributed by atoms with E-state index in [9.17, 15) is 14.7 Å². The van der Waals surface area contributed by atoms with E-state index in [1.165, 1.54) is 0 Å². The van der Waals surface area contributed by atoms with Gasteiger partial charge in [0.1, 0.15) is 6.61 Å². The van der Waals surface area contributed by atoms with Crippen LogP contribution in [0.15, 0.2) is 30.3 Å². The van der Waals surface area contributed by atoms with Crippen LogP contribution in [0.2, 0.25) is 0 Å². The molecule has 2 atom stereocenters. The first-order chi connectivity index (χ1) is 11.1. The van der Waals surface area contributed by atoms with E-state index in [0.717, 1.165) is 31.2 Å². The predicted molar refractivity (Wildman–Crippen MR) is 84.9 cm³/mol. The zero-order valence-electron chi connectivity index (χ0n) is 13.2. The molecule has 0 spiro atoms. The lowest BCUT2D eigenvalue weighted by molar-refractivity contribution is -0.159. The maximum atomic E-state index is 12.5. The van der Waals surface area contributed by atoms with E-state index in [-0.39, 0.29) is 18.7 Å². The number of likely N-dealkylation sites (tertiary alicyclic amines) is 1. The van der Waals surface area contributed by atoms with Gasteiger partial charge in [0.15, 0.2) is 0 Å². The first-order valence-corrected chi connectivity index (χ1v) is 8.34. The molecule has 3 rings (SSSR count). The van der Waals surface area contributed by atoms with Gasteiger partial charge in [-0.3, -0.25) is 4.79 Å². The molecule has 5 heteroatoms. The number of carbonyl (C=O) groups is 2. The highest BCUT2D eigenvalue weighted by Crippen LogP contribution is 2.46. The van der Waals surface area contributed by atoms with Crippen LogP contribution in [0.3, 0.4) is 0 Å². The number of rotatable bonds is 3. The zero-order chi connectivity index (χ0) is 16.3. The monoisotopic (exact) mass is 317 g/mol. The Labute approximate surface area is 136 Å². The second-order valence-electron chi connectivity index (χ2n) is 6.56. The van der Waals surface area contributed by atoms with E-state index in [1.54, 1.807) is 4.90 Å². The maximum Gasteiger partial charge on any atom is 0.410 e. The van der Waals surface area contributed by atoms with Crippen molar-refractivity contribution in [3.63, 3.8) is 0 Å². The molecule has 0 aromatic heterocycles. The van der Waals surface area contributed by atoms with Crippen LogP contribution in [0, 0.1) is 5.41 Å². The number of amides is 1. The molecule has 0 unspecified atom stereocenters. The number of piperidine rings is 1. The highest BCUT2D eigenvalue weighted by atomic mass is 16.6. The minimum absolute atomic E-state index is 0.225. The van der Waals surface area contributed by atoms with E-state index >= 15 is 0 Å². The van der Waals surface area contributed by atoms with E-state index in [2.05, 4.69) is 0 Å². The number of ether oxygens (including phenoxy) is 1. The lowest BCUT2D eigenvalue weighted by Crippen LogP contribution is -2.59. The van der Waals surface area contributed by atoms with Gasteiger partial charge in [-0.05, 0) is 31.2 Å². The van der Waals surface area contributed by atoms with Gasteiger partial charge in [0, 0.05) is 6.54 Å². The molecule has 1 aromatic carbocycles. The largest absolute Gasteiger partial charge is 0.481 e. The Hall–Kier alpha value is -2.04. The zero-order valence-corrected chi connectivity index (χ0v) is 13.2. The minimum atomic E-state index is -0.776. The van der Waals surface area contributed by atoms with Crippen LogP contribution in [0.1, 0.15) is 44.1 Å². The summed E-state index contributed by atoms with van der Waals surface area (Å²) in [6, 6.07) is 9.31. The third-order valence-corrected chi connectivity index (χ3v) is 5.25. The fourth-order valence-corrected chi connectivity index (χ4v) is 4.06. The van der Waals surface area contributed by atoms with Crippen LogP contribution in [-0.4, -0.2) is 34.7 Å². The van der Waals surface area contributed by atoms with Gasteiger partial charge in [-0.1, -0.05) is 43.2 Å². The lowest BCUT2D eigenvalue weighted by atomic mass is 9.65. The third-order valence-electron chi connectivity index (χ3n) is 5.25. The molecule has 1 amide bonds. The van der Waals surface area contributed by atoms with Gasteiger partial charge < -0.3 is 14.7 Å². The Morgan fingerprint density at radius 1 is 1.17 bits per heavy atom. The molecule has 1 heterocycles. The minimum Gasteiger partial charge on any atom is -0.481 e. The molecule has 1 aliphatic heterocycles. The van der Waals surface area contributed by atoms with Gasteiger partial charge in [0.05, 0.1) is 11.5 Å². The van der Waals surface area contributed by atoms with Gasteiger partial charge in [0.2, 0.25) is 0 Å². The van der Waals surface area contributed by atoms with Crippen LogP contribution in [0.5, 0.6) is 0 Å². The van der Waals surface area contributed by atoms with Crippen molar-refractivity contribution in [2.75, 3.05) is 6.54 Å². The van der Waals surface area contributed by atoms with Crippen molar-refractivity contribution in [3.05, 3.63) is 35.9 Å². The van der Waals surface area contributed by atoms with Gasteiger partial charge in [-0.15, -0.1) is 0 Å². The maximum absolute atomic E-state index is 12.5. The number of hydrogen-bond acceptors (Lipinski definition) is 3. The summed E-state index contributed by atoms with van der Waals surface area (Å²) in [6.45, 7) is 0.816. The number of carboxylic acids is 1. The van der Waals surface area contributed by atoms with Gasteiger partial charge in [-0.2, -0.15) is 0 Å². The van der Waals surface area contributed by atoms with Crippen molar-refractivity contribution in [3.8, 4) is 0 Å². The topological polar surface area (TPSA) is 66.8 Å². The summed E-state index contributed by atoms with van der Waals surface area (Å²) in [4.78, 5) is 26.0. The number of hydrogen-bond donors (Lipinski definition) is 1. The number of carbonyl (C=O) groups excluding carboxylic acids is 1. The number of nitrogens with zero attached hydrogens (tertiary/aromatic N) is 1. The third kappa shape index (κ3) is 3.05.